The number of piperidine rings is 1. The first-order valence-electron chi connectivity index (χ1n) is 7.59. The van der Waals surface area contributed by atoms with Crippen LogP contribution >= 0.6 is 0 Å². The van der Waals surface area contributed by atoms with Crippen molar-refractivity contribution < 1.29 is 14.4 Å². The number of carbonyl (C=O) groups excluding carboxylic acids is 1. The predicted molar refractivity (Wildman–Crippen MR) is 79.9 cm³/mol. The lowest BCUT2D eigenvalue weighted by atomic mass is 9.77. The van der Waals surface area contributed by atoms with Gasteiger partial charge in [-0.3, -0.25) is 0 Å². The van der Waals surface area contributed by atoms with Crippen LogP contribution in [0.2, 0.25) is 0 Å². The van der Waals surface area contributed by atoms with E-state index in [1.165, 1.54) is 4.90 Å². The quantitative estimate of drug-likeness (QED) is 0.855. The summed E-state index contributed by atoms with van der Waals surface area (Å²) in [6, 6.07) is 9.82. The minimum Gasteiger partial charge on any atom is -0.455 e. The van der Waals surface area contributed by atoms with Crippen molar-refractivity contribution in [3.05, 3.63) is 35.9 Å². The molecule has 1 aliphatic rings. The molecular formula is C17H26NO2+. The highest BCUT2D eigenvalue weighted by Crippen LogP contribution is 2.33. The number of hydrogen-bond acceptors (Lipinski definition) is 2. The fourth-order valence-electron chi connectivity index (χ4n) is 3.29. The average Bonchev–Trinajstić information content (AvgIpc) is 2.45. The third-order valence-corrected chi connectivity index (χ3v) is 4.92. The summed E-state index contributed by atoms with van der Waals surface area (Å²) in [4.78, 5) is 13.9. The van der Waals surface area contributed by atoms with Gasteiger partial charge in [-0.2, -0.15) is 0 Å². The molecule has 3 nitrogen and oxygen atoms in total. The van der Waals surface area contributed by atoms with Crippen molar-refractivity contribution in [1.82, 2.24) is 0 Å². The fourth-order valence-corrected chi connectivity index (χ4v) is 3.29. The zero-order valence-corrected chi connectivity index (χ0v) is 13.0. The second-order valence-electron chi connectivity index (χ2n) is 6.23. The molecule has 0 aromatic heterocycles. The van der Waals surface area contributed by atoms with Crippen molar-refractivity contribution >= 4 is 5.97 Å². The van der Waals surface area contributed by atoms with Crippen molar-refractivity contribution in [1.29, 1.82) is 0 Å². The molecule has 1 unspecified atom stereocenters. The highest BCUT2D eigenvalue weighted by Gasteiger charge is 2.47. The number of benzene rings is 1. The predicted octanol–water partition coefficient (Wildman–Crippen LogP) is 1.94. The third kappa shape index (κ3) is 2.88. The molecule has 1 saturated heterocycles. The van der Waals surface area contributed by atoms with Crippen LogP contribution in [-0.4, -0.2) is 31.2 Å². The molecule has 1 aromatic rings. The van der Waals surface area contributed by atoms with Gasteiger partial charge in [-0.05, 0) is 25.5 Å². The molecule has 0 amide bonds. The summed E-state index contributed by atoms with van der Waals surface area (Å²) in [5, 5.41) is 0. The third-order valence-electron chi connectivity index (χ3n) is 4.92. The number of likely N-dealkylation sites (tertiary alicyclic amines) is 1. The highest BCUT2D eigenvalue weighted by molar-refractivity contribution is 5.89. The summed E-state index contributed by atoms with van der Waals surface area (Å²) in [6.45, 7) is 7.62. The molecule has 1 heterocycles. The Morgan fingerprint density at radius 1 is 1.35 bits per heavy atom. The molecule has 0 spiro atoms. The van der Waals surface area contributed by atoms with Crippen molar-refractivity contribution in [3.8, 4) is 0 Å². The molecule has 1 aromatic carbocycles. The van der Waals surface area contributed by atoms with E-state index < -0.39 is 0 Å². The van der Waals surface area contributed by atoms with Gasteiger partial charge in [0, 0.05) is 12.3 Å². The standard InChI is InChI=1S/C17H25NO2/c1-5-17(11-14(3)18(4)12-13(17)2)20-16(19)15-9-7-6-8-10-15/h6-10,13-14H,5,11-12H2,1-4H3/p+1/t13-,14-,17+/m0/s1. The molecule has 0 radical (unpaired) electrons. The maximum absolute atomic E-state index is 12.4. The average molecular weight is 276 g/mol. The van der Waals surface area contributed by atoms with Crippen LogP contribution in [0.3, 0.4) is 0 Å². The number of ether oxygens (including phenoxy) is 1. The number of esters is 1. The van der Waals surface area contributed by atoms with E-state index in [2.05, 4.69) is 27.8 Å². The van der Waals surface area contributed by atoms with E-state index in [4.69, 9.17) is 4.74 Å². The highest BCUT2D eigenvalue weighted by atomic mass is 16.6. The monoisotopic (exact) mass is 276 g/mol. The van der Waals surface area contributed by atoms with Crippen LogP contribution in [-0.2, 0) is 4.74 Å². The molecule has 1 fully saturated rings. The van der Waals surface area contributed by atoms with Gasteiger partial charge in [0.05, 0.1) is 25.2 Å². The number of rotatable bonds is 3. The second kappa shape index (κ2) is 5.96. The van der Waals surface area contributed by atoms with Crippen molar-refractivity contribution in [3.63, 3.8) is 0 Å². The van der Waals surface area contributed by atoms with E-state index in [-0.39, 0.29) is 11.6 Å². The summed E-state index contributed by atoms with van der Waals surface area (Å²) in [5.74, 6) is 0.197. The van der Waals surface area contributed by atoms with Crippen LogP contribution < -0.4 is 4.90 Å². The maximum atomic E-state index is 12.4. The van der Waals surface area contributed by atoms with Crippen LogP contribution in [0.4, 0.5) is 0 Å². The SMILES string of the molecule is CC[C@@]1(OC(=O)c2ccccc2)C[C@H](C)[NH+](C)C[C@@H]1C. The van der Waals surface area contributed by atoms with E-state index in [9.17, 15) is 4.79 Å². The van der Waals surface area contributed by atoms with E-state index in [0.717, 1.165) is 19.4 Å². The Bertz CT molecular complexity index is 459. The molecule has 1 aliphatic heterocycles. The zero-order chi connectivity index (χ0) is 14.8. The molecule has 0 bridgehead atoms. The summed E-state index contributed by atoms with van der Waals surface area (Å²) in [5.41, 5.74) is 0.331. The Kier molecular flexibility index (Phi) is 4.48. The first kappa shape index (κ1) is 15.0. The molecule has 0 aliphatic carbocycles. The molecule has 0 saturated carbocycles. The van der Waals surface area contributed by atoms with E-state index in [1.54, 1.807) is 0 Å². The van der Waals surface area contributed by atoms with Gasteiger partial charge in [-0.1, -0.05) is 32.0 Å². The largest absolute Gasteiger partial charge is 0.455 e. The first-order valence-corrected chi connectivity index (χ1v) is 7.59. The summed E-state index contributed by atoms with van der Waals surface area (Å²) in [7, 11) is 2.22. The molecule has 110 valence electrons. The lowest BCUT2D eigenvalue weighted by Crippen LogP contribution is -3.15. The Labute approximate surface area is 121 Å². The maximum Gasteiger partial charge on any atom is 0.338 e. The van der Waals surface area contributed by atoms with Crippen molar-refractivity contribution in [2.75, 3.05) is 13.6 Å². The number of hydrogen-bond donors (Lipinski definition) is 1. The molecule has 20 heavy (non-hydrogen) atoms. The minimum atomic E-state index is -0.314. The number of nitrogens with one attached hydrogen (secondary N) is 1. The smallest absolute Gasteiger partial charge is 0.338 e. The molecular weight excluding hydrogens is 250 g/mol. The van der Waals surface area contributed by atoms with E-state index in [0.29, 0.717) is 17.5 Å². The Morgan fingerprint density at radius 3 is 2.60 bits per heavy atom. The first-order chi connectivity index (χ1) is 9.48. The van der Waals surface area contributed by atoms with Crippen LogP contribution in [0, 0.1) is 5.92 Å². The van der Waals surface area contributed by atoms with Gasteiger partial charge in [0.1, 0.15) is 5.60 Å². The Balaban J connectivity index is 2.17. The topological polar surface area (TPSA) is 30.7 Å². The van der Waals surface area contributed by atoms with Gasteiger partial charge in [-0.25, -0.2) is 4.79 Å². The molecule has 4 atom stereocenters. The zero-order valence-electron chi connectivity index (χ0n) is 13.0. The molecule has 3 heteroatoms. The second-order valence-corrected chi connectivity index (χ2v) is 6.23. The summed E-state index contributed by atoms with van der Waals surface area (Å²) < 4.78 is 5.99. The van der Waals surface area contributed by atoms with E-state index >= 15 is 0 Å². The number of quaternary nitrogens is 1. The van der Waals surface area contributed by atoms with E-state index in [1.807, 2.05) is 30.3 Å². The molecule has 2 rings (SSSR count). The van der Waals surface area contributed by atoms with Crippen molar-refractivity contribution in [2.24, 2.45) is 5.92 Å². The lowest BCUT2D eigenvalue weighted by molar-refractivity contribution is -0.915. The van der Waals surface area contributed by atoms with Gasteiger partial charge in [0.25, 0.3) is 0 Å². The van der Waals surface area contributed by atoms with Crippen molar-refractivity contribution in [2.45, 2.75) is 45.3 Å². The van der Waals surface area contributed by atoms with Gasteiger partial charge < -0.3 is 9.64 Å². The van der Waals surface area contributed by atoms with Crippen LogP contribution in [0.1, 0.15) is 44.0 Å². The van der Waals surface area contributed by atoms with Gasteiger partial charge in [0.15, 0.2) is 0 Å². The summed E-state index contributed by atoms with van der Waals surface area (Å²) >= 11 is 0. The lowest BCUT2D eigenvalue weighted by Gasteiger charge is -2.45. The molecule has 1 N–H and O–H groups in total. The normalized spacial score (nSPS) is 33.7. The fraction of sp³-hybridized carbons (Fsp3) is 0.588. The van der Waals surface area contributed by atoms with Crippen LogP contribution in [0.25, 0.3) is 0 Å². The van der Waals surface area contributed by atoms with Gasteiger partial charge in [-0.15, -0.1) is 0 Å². The van der Waals surface area contributed by atoms with Crippen LogP contribution in [0.15, 0.2) is 30.3 Å². The Hall–Kier alpha value is -1.35. The minimum absolute atomic E-state index is 0.189. The van der Waals surface area contributed by atoms with Gasteiger partial charge >= 0.3 is 5.97 Å². The Morgan fingerprint density at radius 2 is 2.00 bits per heavy atom. The number of carbonyl (C=O) groups is 1. The van der Waals surface area contributed by atoms with Crippen LogP contribution in [0.5, 0.6) is 0 Å². The van der Waals surface area contributed by atoms with Gasteiger partial charge in [0.2, 0.25) is 0 Å². The summed E-state index contributed by atoms with van der Waals surface area (Å²) in [6.07, 6.45) is 1.82.